The molecule has 4 N–H and O–H groups in total. The van der Waals surface area contributed by atoms with Gasteiger partial charge in [-0.1, -0.05) is 31.4 Å². The number of anilines is 2. The minimum atomic E-state index is 0.659. The normalized spacial score (nSPS) is 25.8. The first-order valence-electron chi connectivity index (χ1n) is 9.66. The number of hydrogen-bond donors (Lipinski definition) is 2. The molecular formula is C21H32N2O. The Morgan fingerprint density at radius 3 is 2.00 bits per heavy atom. The highest BCUT2D eigenvalue weighted by Gasteiger charge is 2.20. The van der Waals surface area contributed by atoms with Crippen molar-refractivity contribution in [3.8, 4) is 5.75 Å². The van der Waals surface area contributed by atoms with Crippen LogP contribution in [-0.2, 0) is 0 Å². The third-order valence-corrected chi connectivity index (χ3v) is 5.63. The van der Waals surface area contributed by atoms with Gasteiger partial charge in [0, 0.05) is 23.5 Å². The van der Waals surface area contributed by atoms with Gasteiger partial charge in [-0.25, -0.2) is 0 Å². The van der Waals surface area contributed by atoms with Crippen molar-refractivity contribution in [2.24, 2.45) is 17.8 Å². The van der Waals surface area contributed by atoms with Crippen LogP contribution in [0.4, 0.5) is 11.4 Å². The lowest BCUT2D eigenvalue weighted by Gasteiger charge is -2.27. The monoisotopic (exact) mass is 328 g/mol. The number of nitrogens with two attached hydrogens (primary N) is 2. The number of hydrogen-bond acceptors (Lipinski definition) is 3. The predicted molar refractivity (Wildman–Crippen MR) is 102 cm³/mol. The molecule has 0 heterocycles. The Bertz CT molecular complexity index is 521. The van der Waals surface area contributed by atoms with Crippen molar-refractivity contribution in [2.45, 2.75) is 57.8 Å². The Morgan fingerprint density at radius 2 is 1.38 bits per heavy atom. The fourth-order valence-corrected chi connectivity index (χ4v) is 4.13. The van der Waals surface area contributed by atoms with E-state index in [1.807, 2.05) is 12.1 Å². The average molecular weight is 329 g/mol. The first-order chi connectivity index (χ1) is 11.7. The molecule has 0 spiro atoms. The van der Waals surface area contributed by atoms with Gasteiger partial charge in [0.15, 0.2) is 0 Å². The molecule has 0 saturated heterocycles. The highest BCUT2D eigenvalue weighted by molar-refractivity contribution is 5.56. The van der Waals surface area contributed by atoms with E-state index in [0.717, 1.165) is 24.2 Å². The largest absolute Gasteiger partial charge is 0.493 e. The van der Waals surface area contributed by atoms with Crippen LogP contribution in [0, 0.1) is 17.8 Å². The molecule has 3 rings (SSSR count). The smallest absolute Gasteiger partial charge is 0.123 e. The molecule has 2 aliphatic carbocycles. The Hall–Kier alpha value is -1.64. The highest BCUT2D eigenvalue weighted by Crippen LogP contribution is 2.32. The van der Waals surface area contributed by atoms with Crippen molar-refractivity contribution in [2.75, 3.05) is 18.1 Å². The summed E-state index contributed by atoms with van der Waals surface area (Å²) in [4.78, 5) is 0. The summed E-state index contributed by atoms with van der Waals surface area (Å²) in [5.74, 6) is 3.10. The van der Waals surface area contributed by atoms with E-state index in [0.29, 0.717) is 17.3 Å². The molecule has 2 saturated carbocycles. The van der Waals surface area contributed by atoms with E-state index in [-0.39, 0.29) is 0 Å². The van der Waals surface area contributed by atoms with Crippen molar-refractivity contribution in [1.82, 2.24) is 0 Å². The Balaban J connectivity index is 1.39. The third kappa shape index (κ3) is 5.19. The number of rotatable bonds is 5. The molecule has 1 aromatic carbocycles. The molecule has 0 amide bonds. The standard InChI is InChI=1S/C21H32N2O/c22-19-12-20(23)14-21(13-19)24-15-18-10-8-17(9-11-18)7-6-16-4-2-1-3-5-16/h6-7,12-14,16-18H,1-5,8-11,15,22-23H2/b7-6+. The average Bonchev–Trinajstić information content (AvgIpc) is 2.59. The van der Waals surface area contributed by atoms with E-state index in [9.17, 15) is 0 Å². The third-order valence-electron chi connectivity index (χ3n) is 5.63. The topological polar surface area (TPSA) is 61.3 Å². The summed E-state index contributed by atoms with van der Waals surface area (Å²) in [6.45, 7) is 0.780. The van der Waals surface area contributed by atoms with Crippen LogP contribution >= 0.6 is 0 Å². The van der Waals surface area contributed by atoms with Gasteiger partial charge in [-0.3, -0.25) is 0 Å². The fraction of sp³-hybridized carbons (Fsp3) is 0.619. The maximum Gasteiger partial charge on any atom is 0.123 e. The molecule has 0 aromatic heterocycles. The summed E-state index contributed by atoms with van der Waals surface area (Å²) in [6, 6.07) is 5.47. The van der Waals surface area contributed by atoms with E-state index in [2.05, 4.69) is 12.2 Å². The molecule has 0 aliphatic heterocycles. The van der Waals surface area contributed by atoms with Crippen molar-refractivity contribution < 1.29 is 4.74 Å². The maximum absolute atomic E-state index is 5.92. The van der Waals surface area contributed by atoms with E-state index >= 15 is 0 Å². The molecule has 2 aliphatic rings. The quantitative estimate of drug-likeness (QED) is 0.579. The molecular weight excluding hydrogens is 296 g/mol. The van der Waals surface area contributed by atoms with Crippen LogP contribution in [-0.4, -0.2) is 6.61 Å². The number of allylic oxidation sites excluding steroid dienone is 2. The highest BCUT2D eigenvalue weighted by atomic mass is 16.5. The summed E-state index contributed by atoms with van der Waals surface area (Å²) in [6.07, 6.45) is 17.3. The number of benzene rings is 1. The van der Waals surface area contributed by atoms with Crippen LogP contribution in [0.25, 0.3) is 0 Å². The van der Waals surface area contributed by atoms with Crippen LogP contribution in [0.15, 0.2) is 30.4 Å². The van der Waals surface area contributed by atoms with Crippen molar-refractivity contribution in [3.63, 3.8) is 0 Å². The van der Waals surface area contributed by atoms with Crippen molar-refractivity contribution in [3.05, 3.63) is 30.4 Å². The van der Waals surface area contributed by atoms with E-state index < -0.39 is 0 Å². The summed E-state index contributed by atoms with van der Waals surface area (Å²) >= 11 is 0. The molecule has 1 aromatic rings. The molecule has 0 radical (unpaired) electrons. The molecule has 3 nitrogen and oxygen atoms in total. The second kappa shape index (κ2) is 8.46. The van der Waals surface area contributed by atoms with Gasteiger partial charge in [0.2, 0.25) is 0 Å². The van der Waals surface area contributed by atoms with Gasteiger partial charge in [-0.15, -0.1) is 0 Å². The van der Waals surface area contributed by atoms with Crippen LogP contribution in [0.3, 0.4) is 0 Å². The second-order valence-corrected chi connectivity index (χ2v) is 7.71. The Morgan fingerprint density at radius 1 is 0.792 bits per heavy atom. The Labute approximate surface area is 146 Å². The lowest BCUT2D eigenvalue weighted by atomic mass is 9.81. The maximum atomic E-state index is 5.92. The molecule has 24 heavy (non-hydrogen) atoms. The summed E-state index contributed by atoms with van der Waals surface area (Å²) < 4.78 is 5.92. The minimum absolute atomic E-state index is 0.659. The van der Waals surface area contributed by atoms with Gasteiger partial charge in [0.1, 0.15) is 5.75 Å². The van der Waals surface area contributed by atoms with Gasteiger partial charge >= 0.3 is 0 Å². The lowest BCUT2D eigenvalue weighted by Crippen LogP contribution is -2.19. The SMILES string of the molecule is Nc1cc(N)cc(OCC2CCC(/C=C/C3CCCCC3)CC2)c1. The number of ether oxygens (including phenoxy) is 1. The summed E-state index contributed by atoms with van der Waals surface area (Å²) in [5.41, 5.74) is 13.0. The first-order valence-corrected chi connectivity index (χ1v) is 9.66. The van der Waals surface area contributed by atoms with Crippen LogP contribution in [0.1, 0.15) is 57.8 Å². The predicted octanol–water partition coefficient (Wildman–Crippen LogP) is 5.17. The Kier molecular flexibility index (Phi) is 6.06. The van der Waals surface area contributed by atoms with Crippen LogP contribution in [0.5, 0.6) is 5.75 Å². The van der Waals surface area contributed by atoms with Gasteiger partial charge < -0.3 is 16.2 Å². The minimum Gasteiger partial charge on any atom is -0.493 e. The van der Waals surface area contributed by atoms with Crippen molar-refractivity contribution >= 4 is 11.4 Å². The zero-order chi connectivity index (χ0) is 16.8. The molecule has 3 heteroatoms. The fourth-order valence-electron chi connectivity index (χ4n) is 4.13. The summed E-state index contributed by atoms with van der Waals surface area (Å²) in [5, 5.41) is 0. The van der Waals surface area contributed by atoms with E-state index in [4.69, 9.17) is 16.2 Å². The lowest BCUT2D eigenvalue weighted by molar-refractivity contribution is 0.194. The van der Waals surface area contributed by atoms with Gasteiger partial charge in [-0.05, 0) is 62.3 Å². The second-order valence-electron chi connectivity index (χ2n) is 7.71. The summed E-state index contributed by atoms with van der Waals surface area (Å²) in [7, 11) is 0. The molecule has 0 bridgehead atoms. The van der Waals surface area contributed by atoms with Gasteiger partial charge in [0.25, 0.3) is 0 Å². The molecule has 2 fully saturated rings. The molecule has 0 atom stereocenters. The first kappa shape index (κ1) is 17.2. The zero-order valence-electron chi connectivity index (χ0n) is 14.8. The van der Waals surface area contributed by atoms with E-state index in [1.165, 1.54) is 57.8 Å². The van der Waals surface area contributed by atoms with Crippen LogP contribution in [0.2, 0.25) is 0 Å². The molecule has 0 unspecified atom stereocenters. The van der Waals surface area contributed by atoms with E-state index in [1.54, 1.807) is 6.07 Å². The van der Waals surface area contributed by atoms with Gasteiger partial charge in [-0.2, -0.15) is 0 Å². The zero-order valence-corrected chi connectivity index (χ0v) is 14.8. The molecule has 132 valence electrons. The van der Waals surface area contributed by atoms with Crippen LogP contribution < -0.4 is 16.2 Å². The number of nitrogen functional groups attached to an aromatic ring is 2. The van der Waals surface area contributed by atoms with Crippen molar-refractivity contribution in [1.29, 1.82) is 0 Å². The van der Waals surface area contributed by atoms with Gasteiger partial charge in [0.05, 0.1) is 6.61 Å².